The van der Waals surface area contributed by atoms with Crippen LogP contribution in [-0.4, -0.2) is 38.1 Å². The summed E-state index contributed by atoms with van der Waals surface area (Å²) < 4.78 is 5.18. The molecule has 4 nitrogen and oxygen atoms in total. The fourth-order valence-electron chi connectivity index (χ4n) is 2.29. The van der Waals surface area contributed by atoms with Gasteiger partial charge < -0.3 is 15.0 Å². The van der Waals surface area contributed by atoms with Crippen LogP contribution in [0.15, 0.2) is 29.3 Å². The molecule has 0 amide bonds. The predicted molar refractivity (Wildman–Crippen MR) is 98.6 cm³/mol. The van der Waals surface area contributed by atoms with E-state index in [0.29, 0.717) is 11.5 Å². The van der Waals surface area contributed by atoms with Crippen LogP contribution in [0, 0.1) is 5.41 Å². The fraction of sp³-hybridized carbons (Fsp3) is 0.562. The van der Waals surface area contributed by atoms with E-state index in [-0.39, 0.29) is 24.0 Å². The molecule has 0 radical (unpaired) electrons. The third-order valence-electron chi connectivity index (χ3n) is 3.97. The Kier molecular flexibility index (Phi) is 6.31. The van der Waals surface area contributed by atoms with E-state index in [2.05, 4.69) is 48.2 Å². The van der Waals surface area contributed by atoms with E-state index >= 15 is 0 Å². The van der Waals surface area contributed by atoms with Crippen LogP contribution < -0.4 is 10.1 Å². The molecule has 1 atom stereocenters. The second-order valence-electron chi connectivity index (χ2n) is 6.14. The van der Waals surface area contributed by atoms with Crippen LogP contribution in [0.3, 0.4) is 0 Å². The van der Waals surface area contributed by atoms with Gasteiger partial charge in [-0.15, -0.1) is 24.0 Å². The molecule has 118 valence electrons. The van der Waals surface area contributed by atoms with Gasteiger partial charge in [-0.25, -0.2) is 0 Å². The van der Waals surface area contributed by atoms with Crippen molar-refractivity contribution in [1.29, 1.82) is 0 Å². The van der Waals surface area contributed by atoms with Gasteiger partial charge in [-0.05, 0) is 29.5 Å². The van der Waals surface area contributed by atoms with Crippen LogP contribution in [0.5, 0.6) is 5.75 Å². The van der Waals surface area contributed by atoms with Crippen molar-refractivity contribution in [3.05, 3.63) is 29.8 Å². The molecule has 1 aliphatic carbocycles. The summed E-state index contributed by atoms with van der Waals surface area (Å²) in [6.45, 7) is 5.39. The highest BCUT2D eigenvalue weighted by Crippen LogP contribution is 2.44. The quantitative estimate of drug-likeness (QED) is 0.477. The van der Waals surface area contributed by atoms with E-state index in [1.54, 1.807) is 7.11 Å². The molecule has 0 saturated heterocycles. The van der Waals surface area contributed by atoms with Crippen molar-refractivity contribution >= 4 is 29.9 Å². The second-order valence-corrected chi connectivity index (χ2v) is 6.14. The van der Waals surface area contributed by atoms with Crippen molar-refractivity contribution in [1.82, 2.24) is 10.2 Å². The number of hydrogen-bond acceptors (Lipinski definition) is 2. The minimum absolute atomic E-state index is 0. The monoisotopic (exact) mass is 403 g/mol. The topological polar surface area (TPSA) is 36.9 Å². The minimum Gasteiger partial charge on any atom is -0.497 e. The van der Waals surface area contributed by atoms with Gasteiger partial charge in [-0.3, -0.25) is 4.99 Å². The number of aliphatic imine (C=N–C) groups is 1. The largest absolute Gasteiger partial charge is 0.497 e. The van der Waals surface area contributed by atoms with Gasteiger partial charge in [0.2, 0.25) is 0 Å². The van der Waals surface area contributed by atoms with Crippen LogP contribution >= 0.6 is 24.0 Å². The van der Waals surface area contributed by atoms with Gasteiger partial charge in [0.15, 0.2) is 5.96 Å². The number of ether oxygens (including phenoxy) is 1. The van der Waals surface area contributed by atoms with Crippen molar-refractivity contribution in [2.75, 3.05) is 21.2 Å². The number of halogens is 1. The number of nitrogens with zero attached hydrogens (tertiary/aromatic N) is 2. The SMILES string of the molecule is CN=C(NC1CC1(C)C)N(C)Cc1ccc(OC)cc1.I. The molecule has 21 heavy (non-hydrogen) atoms. The first kappa shape index (κ1) is 18.1. The number of methoxy groups -OCH3 is 1. The van der Waals surface area contributed by atoms with Gasteiger partial charge in [0.25, 0.3) is 0 Å². The Labute approximate surface area is 145 Å². The third kappa shape index (κ3) is 4.76. The Morgan fingerprint density at radius 3 is 2.38 bits per heavy atom. The van der Waals surface area contributed by atoms with Gasteiger partial charge in [0.1, 0.15) is 5.75 Å². The smallest absolute Gasteiger partial charge is 0.193 e. The highest BCUT2D eigenvalue weighted by atomic mass is 127. The van der Waals surface area contributed by atoms with Gasteiger partial charge >= 0.3 is 0 Å². The van der Waals surface area contributed by atoms with Crippen molar-refractivity contribution in [3.8, 4) is 5.75 Å². The molecular formula is C16H26IN3O. The second kappa shape index (κ2) is 7.33. The Balaban J connectivity index is 0.00000220. The highest BCUT2D eigenvalue weighted by molar-refractivity contribution is 14.0. The summed E-state index contributed by atoms with van der Waals surface area (Å²) >= 11 is 0. The van der Waals surface area contributed by atoms with Gasteiger partial charge in [0.05, 0.1) is 7.11 Å². The van der Waals surface area contributed by atoms with E-state index < -0.39 is 0 Å². The Morgan fingerprint density at radius 1 is 1.38 bits per heavy atom. The third-order valence-corrected chi connectivity index (χ3v) is 3.97. The maximum atomic E-state index is 5.18. The van der Waals surface area contributed by atoms with Crippen molar-refractivity contribution < 1.29 is 4.74 Å². The zero-order chi connectivity index (χ0) is 14.8. The molecule has 1 aromatic carbocycles. The van der Waals surface area contributed by atoms with E-state index in [4.69, 9.17) is 4.74 Å². The molecule has 1 aromatic rings. The molecule has 0 aromatic heterocycles. The maximum Gasteiger partial charge on any atom is 0.193 e. The van der Waals surface area contributed by atoms with Crippen molar-refractivity contribution in [2.24, 2.45) is 10.4 Å². The zero-order valence-corrected chi connectivity index (χ0v) is 15.8. The first-order chi connectivity index (χ1) is 9.46. The van der Waals surface area contributed by atoms with Crippen LogP contribution in [0.4, 0.5) is 0 Å². The summed E-state index contributed by atoms with van der Waals surface area (Å²) in [5.74, 6) is 1.84. The Hall–Kier alpha value is -0.980. The normalized spacial score (nSPS) is 19.5. The average Bonchev–Trinajstić information content (AvgIpc) is 3.03. The molecule has 1 aliphatic rings. The first-order valence-corrected chi connectivity index (χ1v) is 7.03. The van der Waals surface area contributed by atoms with Gasteiger partial charge in [0, 0.05) is 26.7 Å². The summed E-state index contributed by atoms with van der Waals surface area (Å²) in [5.41, 5.74) is 1.64. The molecule has 1 unspecified atom stereocenters. The molecule has 1 saturated carbocycles. The van der Waals surface area contributed by atoms with E-state index in [1.165, 1.54) is 12.0 Å². The molecule has 1 N–H and O–H groups in total. The summed E-state index contributed by atoms with van der Waals surface area (Å²) in [6, 6.07) is 8.69. The molecule has 2 rings (SSSR count). The lowest BCUT2D eigenvalue weighted by Gasteiger charge is -2.23. The molecule has 0 bridgehead atoms. The standard InChI is InChI=1S/C16H25N3O.HI/c1-16(2)10-14(16)18-15(17-3)19(4)11-12-6-8-13(20-5)9-7-12;/h6-9,14H,10-11H2,1-5H3,(H,17,18);1H. The average molecular weight is 403 g/mol. The highest BCUT2D eigenvalue weighted by Gasteiger charge is 2.46. The van der Waals surface area contributed by atoms with Crippen molar-refractivity contribution in [2.45, 2.75) is 32.9 Å². The fourth-order valence-corrected chi connectivity index (χ4v) is 2.29. The number of guanidine groups is 1. The molecule has 0 aliphatic heterocycles. The lowest BCUT2D eigenvalue weighted by molar-refractivity contribution is 0.414. The van der Waals surface area contributed by atoms with E-state index in [1.807, 2.05) is 19.2 Å². The lowest BCUT2D eigenvalue weighted by Crippen LogP contribution is -2.40. The Morgan fingerprint density at radius 2 is 1.95 bits per heavy atom. The van der Waals surface area contributed by atoms with Crippen LogP contribution in [-0.2, 0) is 6.54 Å². The number of benzene rings is 1. The summed E-state index contributed by atoms with van der Waals surface area (Å²) in [6.07, 6.45) is 1.21. The number of hydrogen-bond donors (Lipinski definition) is 1. The maximum absolute atomic E-state index is 5.18. The Bertz CT molecular complexity index is 485. The molecule has 0 heterocycles. The molecule has 1 fully saturated rings. The van der Waals surface area contributed by atoms with Gasteiger partial charge in [-0.1, -0.05) is 26.0 Å². The molecule has 0 spiro atoms. The predicted octanol–water partition coefficient (Wildman–Crippen LogP) is 3.12. The molecular weight excluding hydrogens is 377 g/mol. The zero-order valence-electron chi connectivity index (χ0n) is 13.5. The van der Waals surface area contributed by atoms with Crippen LogP contribution in [0.25, 0.3) is 0 Å². The van der Waals surface area contributed by atoms with Crippen LogP contribution in [0.2, 0.25) is 0 Å². The van der Waals surface area contributed by atoms with Gasteiger partial charge in [-0.2, -0.15) is 0 Å². The lowest BCUT2D eigenvalue weighted by atomic mass is 10.2. The number of nitrogens with one attached hydrogen (secondary N) is 1. The number of rotatable bonds is 4. The summed E-state index contributed by atoms with van der Waals surface area (Å²) in [4.78, 5) is 6.52. The first-order valence-electron chi connectivity index (χ1n) is 7.03. The summed E-state index contributed by atoms with van der Waals surface area (Å²) in [5, 5.41) is 3.52. The van der Waals surface area contributed by atoms with Crippen molar-refractivity contribution in [3.63, 3.8) is 0 Å². The van der Waals surface area contributed by atoms with E-state index in [9.17, 15) is 0 Å². The van der Waals surface area contributed by atoms with Crippen LogP contribution in [0.1, 0.15) is 25.8 Å². The molecule has 5 heteroatoms. The van der Waals surface area contributed by atoms with E-state index in [0.717, 1.165) is 18.3 Å². The minimum atomic E-state index is 0. The summed E-state index contributed by atoms with van der Waals surface area (Å²) in [7, 11) is 5.58.